The topological polar surface area (TPSA) is 78.4 Å². The van der Waals surface area contributed by atoms with E-state index in [0.29, 0.717) is 28.2 Å². The Morgan fingerprint density at radius 1 is 1.10 bits per heavy atom. The number of rotatable bonds is 6. The van der Waals surface area contributed by atoms with Gasteiger partial charge in [-0.1, -0.05) is 36.9 Å². The average molecular weight is 410 g/mol. The molecule has 29 heavy (non-hydrogen) atoms. The standard InChI is InChI=1S/C21H22N4O3S/c1-4-11-29-21-23-20-18(24-25-21)14-7-5-6-8-16(14)22-19(28-20)15-10-9-13(26-2)12-17(15)27-3/h5-10,12,19,22H,4,11H2,1-3H3/t19-/m1/s1. The van der Waals surface area contributed by atoms with Crippen LogP contribution >= 0.6 is 11.8 Å². The van der Waals surface area contributed by atoms with Gasteiger partial charge in [-0.05, 0) is 24.6 Å². The maximum absolute atomic E-state index is 6.30. The summed E-state index contributed by atoms with van der Waals surface area (Å²) in [4.78, 5) is 4.64. The number of ether oxygens (including phenoxy) is 3. The van der Waals surface area contributed by atoms with Gasteiger partial charge in [-0.15, -0.1) is 10.2 Å². The summed E-state index contributed by atoms with van der Waals surface area (Å²) in [6, 6.07) is 13.5. The normalized spacial score (nSPS) is 14.7. The highest BCUT2D eigenvalue weighted by Crippen LogP contribution is 2.41. The van der Waals surface area contributed by atoms with Crippen LogP contribution < -0.4 is 19.5 Å². The molecule has 0 unspecified atom stereocenters. The largest absolute Gasteiger partial charge is 0.497 e. The summed E-state index contributed by atoms with van der Waals surface area (Å²) < 4.78 is 17.2. The fourth-order valence-corrected chi connectivity index (χ4v) is 3.71. The molecule has 0 spiro atoms. The molecule has 7 nitrogen and oxygen atoms in total. The van der Waals surface area contributed by atoms with Crippen molar-refractivity contribution in [3.8, 4) is 28.6 Å². The minimum atomic E-state index is -0.515. The third kappa shape index (κ3) is 3.93. The van der Waals surface area contributed by atoms with Crippen molar-refractivity contribution < 1.29 is 14.2 Å². The Morgan fingerprint density at radius 2 is 1.97 bits per heavy atom. The van der Waals surface area contributed by atoms with Crippen molar-refractivity contribution in [1.82, 2.24) is 15.2 Å². The molecule has 1 aliphatic heterocycles. The van der Waals surface area contributed by atoms with Crippen LogP contribution in [0.1, 0.15) is 25.1 Å². The number of nitrogens with zero attached hydrogens (tertiary/aromatic N) is 3. The van der Waals surface area contributed by atoms with Gasteiger partial charge in [0.15, 0.2) is 5.69 Å². The maximum atomic E-state index is 6.30. The van der Waals surface area contributed by atoms with E-state index in [9.17, 15) is 0 Å². The van der Waals surface area contributed by atoms with Gasteiger partial charge in [0, 0.05) is 23.1 Å². The number of thioether (sulfide) groups is 1. The Hall–Kier alpha value is -3.00. The first-order valence-corrected chi connectivity index (χ1v) is 10.3. The Balaban J connectivity index is 1.80. The van der Waals surface area contributed by atoms with Crippen LogP contribution in [0.15, 0.2) is 47.6 Å². The number of aromatic nitrogens is 3. The lowest BCUT2D eigenvalue weighted by Gasteiger charge is -2.21. The molecule has 4 rings (SSSR count). The fraction of sp³-hybridized carbons (Fsp3) is 0.286. The molecule has 0 aliphatic carbocycles. The molecule has 0 fully saturated rings. The number of para-hydroxylation sites is 1. The van der Waals surface area contributed by atoms with Gasteiger partial charge in [0.05, 0.1) is 19.8 Å². The van der Waals surface area contributed by atoms with Crippen molar-refractivity contribution in [3.05, 3.63) is 48.0 Å². The van der Waals surface area contributed by atoms with Crippen LogP contribution in [0, 0.1) is 0 Å². The Morgan fingerprint density at radius 3 is 2.76 bits per heavy atom. The monoisotopic (exact) mass is 410 g/mol. The SMILES string of the molecule is CCCSc1nnc2c(n1)O[C@H](c1ccc(OC)cc1OC)Nc1ccccc1-2. The number of nitrogens with one attached hydrogen (secondary N) is 1. The Bertz CT molecular complexity index is 1010. The highest BCUT2D eigenvalue weighted by molar-refractivity contribution is 7.99. The number of hydrogen-bond acceptors (Lipinski definition) is 8. The third-order valence-electron chi connectivity index (χ3n) is 4.49. The summed E-state index contributed by atoms with van der Waals surface area (Å²) in [5.41, 5.74) is 3.23. The van der Waals surface area contributed by atoms with Crippen LogP contribution in [0.4, 0.5) is 5.69 Å². The molecule has 8 heteroatoms. The molecule has 1 aromatic heterocycles. The summed E-state index contributed by atoms with van der Waals surface area (Å²) in [5, 5.41) is 12.7. The van der Waals surface area contributed by atoms with Crippen molar-refractivity contribution in [2.75, 3.05) is 25.3 Å². The molecule has 0 amide bonds. The highest BCUT2D eigenvalue weighted by atomic mass is 32.2. The van der Waals surface area contributed by atoms with E-state index in [2.05, 4.69) is 27.4 Å². The third-order valence-corrected chi connectivity index (χ3v) is 5.54. The molecule has 1 atom stereocenters. The summed E-state index contributed by atoms with van der Waals surface area (Å²) in [5.74, 6) is 2.73. The van der Waals surface area contributed by atoms with Crippen molar-refractivity contribution in [1.29, 1.82) is 0 Å². The van der Waals surface area contributed by atoms with Gasteiger partial charge in [0.25, 0.3) is 0 Å². The summed E-state index contributed by atoms with van der Waals surface area (Å²) in [6.45, 7) is 2.12. The molecule has 2 aromatic carbocycles. The molecule has 1 aliphatic rings. The fourth-order valence-electron chi connectivity index (χ4n) is 3.08. The molecular weight excluding hydrogens is 388 g/mol. The minimum absolute atomic E-state index is 0.443. The zero-order valence-electron chi connectivity index (χ0n) is 16.5. The van der Waals surface area contributed by atoms with Crippen LogP contribution in [0.5, 0.6) is 17.4 Å². The van der Waals surface area contributed by atoms with Crippen LogP contribution in [-0.2, 0) is 0 Å². The van der Waals surface area contributed by atoms with E-state index in [1.807, 2.05) is 42.5 Å². The smallest absolute Gasteiger partial charge is 0.247 e. The summed E-state index contributed by atoms with van der Waals surface area (Å²) in [7, 11) is 3.25. The van der Waals surface area contributed by atoms with E-state index in [1.54, 1.807) is 26.0 Å². The second-order valence-corrected chi connectivity index (χ2v) is 7.45. The number of anilines is 1. The van der Waals surface area contributed by atoms with Gasteiger partial charge in [-0.2, -0.15) is 4.98 Å². The number of methoxy groups -OCH3 is 2. The predicted octanol–water partition coefficient (Wildman–Crippen LogP) is 4.56. The zero-order chi connectivity index (χ0) is 20.2. The molecular formula is C21H22N4O3S. The second-order valence-electron chi connectivity index (χ2n) is 6.39. The molecule has 1 N–H and O–H groups in total. The first kappa shape index (κ1) is 19.3. The molecule has 0 saturated carbocycles. The lowest BCUT2D eigenvalue weighted by molar-refractivity contribution is 0.219. The number of hydrogen-bond donors (Lipinski definition) is 1. The zero-order valence-corrected chi connectivity index (χ0v) is 17.3. The quantitative estimate of drug-likeness (QED) is 0.593. The van der Waals surface area contributed by atoms with Gasteiger partial charge in [0.1, 0.15) is 11.5 Å². The van der Waals surface area contributed by atoms with Gasteiger partial charge >= 0.3 is 0 Å². The number of fused-ring (bicyclic) bond motifs is 3. The van der Waals surface area contributed by atoms with E-state index in [1.165, 1.54) is 0 Å². The van der Waals surface area contributed by atoms with Gasteiger partial charge < -0.3 is 19.5 Å². The van der Waals surface area contributed by atoms with Gasteiger partial charge in [0.2, 0.25) is 17.3 Å². The van der Waals surface area contributed by atoms with Crippen molar-refractivity contribution >= 4 is 17.4 Å². The van der Waals surface area contributed by atoms with Crippen LogP contribution in [0.2, 0.25) is 0 Å². The van der Waals surface area contributed by atoms with Crippen LogP contribution in [0.25, 0.3) is 11.3 Å². The second kappa shape index (κ2) is 8.57. The van der Waals surface area contributed by atoms with E-state index in [0.717, 1.165) is 29.0 Å². The van der Waals surface area contributed by atoms with E-state index in [-0.39, 0.29) is 0 Å². The van der Waals surface area contributed by atoms with Crippen molar-refractivity contribution in [2.24, 2.45) is 0 Å². The molecule has 0 saturated heterocycles. The molecule has 150 valence electrons. The lowest BCUT2D eigenvalue weighted by Crippen LogP contribution is -2.18. The van der Waals surface area contributed by atoms with Crippen molar-refractivity contribution in [2.45, 2.75) is 24.7 Å². The van der Waals surface area contributed by atoms with E-state index in [4.69, 9.17) is 14.2 Å². The molecule has 0 radical (unpaired) electrons. The highest BCUT2D eigenvalue weighted by Gasteiger charge is 2.28. The Kier molecular flexibility index (Phi) is 5.71. The molecule has 0 bridgehead atoms. The van der Waals surface area contributed by atoms with Crippen LogP contribution in [-0.4, -0.2) is 35.2 Å². The van der Waals surface area contributed by atoms with Gasteiger partial charge in [-0.3, -0.25) is 0 Å². The average Bonchev–Trinajstić information content (AvgIpc) is 2.93. The molecule has 2 heterocycles. The maximum Gasteiger partial charge on any atom is 0.247 e. The van der Waals surface area contributed by atoms with Crippen LogP contribution in [0.3, 0.4) is 0 Å². The first-order chi connectivity index (χ1) is 14.2. The summed E-state index contributed by atoms with van der Waals surface area (Å²) >= 11 is 1.56. The lowest BCUT2D eigenvalue weighted by atomic mass is 10.1. The summed E-state index contributed by atoms with van der Waals surface area (Å²) in [6.07, 6.45) is 0.515. The van der Waals surface area contributed by atoms with E-state index < -0.39 is 6.23 Å². The Labute approximate surface area is 173 Å². The number of benzene rings is 2. The van der Waals surface area contributed by atoms with Crippen molar-refractivity contribution in [3.63, 3.8) is 0 Å². The first-order valence-electron chi connectivity index (χ1n) is 9.35. The molecule has 3 aromatic rings. The van der Waals surface area contributed by atoms with E-state index >= 15 is 0 Å². The minimum Gasteiger partial charge on any atom is -0.497 e. The predicted molar refractivity (Wildman–Crippen MR) is 113 cm³/mol. The van der Waals surface area contributed by atoms with Gasteiger partial charge in [-0.25, -0.2) is 0 Å².